The van der Waals surface area contributed by atoms with E-state index in [1.54, 1.807) is 6.20 Å². The van der Waals surface area contributed by atoms with Gasteiger partial charge in [0.1, 0.15) is 10.2 Å². The van der Waals surface area contributed by atoms with Crippen molar-refractivity contribution in [2.24, 2.45) is 0 Å². The third-order valence-electron chi connectivity index (χ3n) is 2.42. The number of hydrogen-bond acceptors (Lipinski definition) is 5. The molecule has 0 aliphatic heterocycles. The van der Waals surface area contributed by atoms with Crippen LogP contribution in [0.5, 0.6) is 0 Å². The van der Waals surface area contributed by atoms with Gasteiger partial charge in [0.25, 0.3) is 0 Å². The predicted octanol–water partition coefficient (Wildman–Crippen LogP) is 3.59. The van der Waals surface area contributed by atoms with Gasteiger partial charge in [0.2, 0.25) is 0 Å². The van der Waals surface area contributed by atoms with Crippen molar-refractivity contribution in [3.8, 4) is 10.8 Å². The fourth-order valence-electron chi connectivity index (χ4n) is 1.41. The monoisotopic (exact) mass is 282 g/mol. The molecule has 2 aromatic rings. The molecule has 6 heteroatoms. The smallest absolute Gasteiger partial charge is 0.190 e. The lowest BCUT2D eigenvalue weighted by molar-refractivity contribution is 0.568. The molecule has 0 radical (unpaired) electrons. The van der Waals surface area contributed by atoms with Gasteiger partial charge in [-0.3, -0.25) is 0 Å². The Morgan fingerprint density at radius 1 is 1.28 bits per heavy atom. The van der Waals surface area contributed by atoms with Gasteiger partial charge in [-0.1, -0.05) is 43.7 Å². The first kappa shape index (κ1) is 13.2. The normalized spacial score (nSPS) is 11.6. The minimum atomic E-state index is -0.0374. The van der Waals surface area contributed by atoms with E-state index in [0.717, 1.165) is 16.5 Å². The number of rotatable bonds is 2. The van der Waals surface area contributed by atoms with Crippen molar-refractivity contribution in [2.45, 2.75) is 26.2 Å². The van der Waals surface area contributed by atoms with E-state index in [0.29, 0.717) is 10.2 Å². The highest BCUT2D eigenvalue weighted by molar-refractivity contribution is 7.18. The van der Waals surface area contributed by atoms with Gasteiger partial charge in [-0.25, -0.2) is 15.0 Å². The van der Waals surface area contributed by atoms with Gasteiger partial charge in [0, 0.05) is 18.5 Å². The van der Waals surface area contributed by atoms with Crippen LogP contribution < -0.4 is 5.32 Å². The maximum Gasteiger partial charge on any atom is 0.190 e. The van der Waals surface area contributed by atoms with Crippen LogP contribution in [0.4, 0.5) is 5.82 Å². The molecule has 2 aromatic heterocycles. The fourth-order valence-corrected chi connectivity index (χ4v) is 2.26. The molecule has 0 amide bonds. The van der Waals surface area contributed by atoms with Crippen molar-refractivity contribution < 1.29 is 0 Å². The van der Waals surface area contributed by atoms with Crippen LogP contribution in [-0.4, -0.2) is 22.0 Å². The number of nitrogens with one attached hydrogen (secondary N) is 1. The summed E-state index contributed by atoms with van der Waals surface area (Å²) in [5, 5.41) is 3.79. The Hall–Kier alpha value is -1.20. The zero-order chi connectivity index (χ0) is 13.3. The zero-order valence-electron chi connectivity index (χ0n) is 10.8. The summed E-state index contributed by atoms with van der Waals surface area (Å²) < 4.78 is 0.640. The molecule has 18 heavy (non-hydrogen) atoms. The predicted molar refractivity (Wildman–Crippen MR) is 76.4 cm³/mol. The van der Waals surface area contributed by atoms with Crippen molar-refractivity contribution in [3.05, 3.63) is 22.3 Å². The molecule has 0 fully saturated rings. The Bertz CT molecular complexity index is 559. The van der Waals surface area contributed by atoms with Gasteiger partial charge in [-0.15, -0.1) is 0 Å². The quantitative estimate of drug-likeness (QED) is 0.914. The van der Waals surface area contributed by atoms with E-state index in [1.165, 1.54) is 11.3 Å². The van der Waals surface area contributed by atoms with E-state index >= 15 is 0 Å². The molecule has 1 N–H and O–H groups in total. The number of aromatic nitrogens is 3. The lowest BCUT2D eigenvalue weighted by Gasteiger charge is -2.18. The fraction of sp³-hybridized carbons (Fsp3) is 0.417. The first-order chi connectivity index (χ1) is 8.40. The molecule has 0 spiro atoms. The molecule has 0 aliphatic carbocycles. The molecule has 0 aromatic carbocycles. The average molecular weight is 283 g/mol. The minimum absolute atomic E-state index is 0.0374. The molecule has 0 unspecified atom stereocenters. The molecular weight excluding hydrogens is 268 g/mol. The van der Waals surface area contributed by atoms with Gasteiger partial charge >= 0.3 is 0 Å². The summed E-state index contributed by atoms with van der Waals surface area (Å²) in [5.74, 6) is 1.40. The molecule has 0 aliphatic rings. The van der Waals surface area contributed by atoms with Crippen LogP contribution in [0.2, 0.25) is 4.34 Å². The Kier molecular flexibility index (Phi) is 3.54. The molecule has 0 saturated heterocycles. The maximum atomic E-state index is 5.90. The van der Waals surface area contributed by atoms with E-state index in [-0.39, 0.29) is 5.41 Å². The maximum absolute atomic E-state index is 5.90. The van der Waals surface area contributed by atoms with Crippen molar-refractivity contribution in [1.29, 1.82) is 0 Å². The van der Waals surface area contributed by atoms with Crippen LogP contribution in [-0.2, 0) is 5.41 Å². The summed E-state index contributed by atoms with van der Waals surface area (Å²) in [6, 6.07) is 1.96. The Labute approximate surface area is 115 Å². The number of hydrogen-bond donors (Lipinski definition) is 1. The molecule has 0 bridgehead atoms. The highest BCUT2D eigenvalue weighted by Gasteiger charge is 2.19. The van der Waals surface area contributed by atoms with Crippen LogP contribution >= 0.6 is 22.9 Å². The summed E-state index contributed by atoms with van der Waals surface area (Å²) in [7, 11) is 1.84. The lowest BCUT2D eigenvalue weighted by atomic mass is 9.92. The Morgan fingerprint density at radius 2 is 2.00 bits per heavy atom. The van der Waals surface area contributed by atoms with Crippen molar-refractivity contribution in [3.63, 3.8) is 0 Å². The highest BCUT2D eigenvalue weighted by atomic mass is 35.5. The number of nitrogens with zero attached hydrogens (tertiary/aromatic N) is 3. The van der Waals surface area contributed by atoms with E-state index in [1.807, 2.05) is 13.1 Å². The van der Waals surface area contributed by atoms with Gasteiger partial charge in [-0.2, -0.15) is 0 Å². The van der Waals surface area contributed by atoms with E-state index < -0.39 is 0 Å². The lowest BCUT2D eigenvalue weighted by Crippen LogP contribution is -2.15. The van der Waals surface area contributed by atoms with Crippen LogP contribution in [0.3, 0.4) is 0 Å². The Balaban J connectivity index is 2.54. The molecule has 96 valence electrons. The summed E-state index contributed by atoms with van der Waals surface area (Å²) in [4.78, 5) is 13.2. The first-order valence-corrected chi connectivity index (χ1v) is 6.78. The second-order valence-electron chi connectivity index (χ2n) is 4.93. The molecular formula is C12H15ClN4S. The zero-order valence-corrected chi connectivity index (χ0v) is 12.4. The largest absolute Gasteiger partial charge is 0.373 e. The molecule has 0 saturated carbocycles. The highest BCUT2D eigenvalue weighted by Crippen LogP contribution is 2.29. The van der Waals surface area contributed by atoms with Gasteiger partial charge in [0.15, 0.2) is 10.8 Å². The van der Waals surface area contributed by atoms with Crippen LogP contribution in [0, 0.1) is 0 Å². The second kappa shape index (κ2) is 4.82. The average Bonchev–Trinajstić information content (AvgIpc) is 2.74. The second-order valence-corrected chi connectivity index (χ2v) is 6.59. The summed E-state index contributed by atoms with van der Waals surface area (Å²) >= 11 is 7.28. The van der Waals surface area contributed by atoms with Gasteiger partial charge in [0.05, 0.1) is 11.9 Å². The first-order valence-electron chi connectivity index (χ1n) is 5.59. The summed E-state index contributed by atoms with van der Waals surface area (Å²) in [6.45, 7) is 6.36. The van der Waals surface area contributed by atoms with E-state index in [4.69, 9.17) is 11.6 Å². The number of anilines is 1. The van der Waals surface area contributed by atoms with Crippen LogP contribution in [0.15, 0.2) is 12.3 Å². The summed E-state index contributed by atoms with van der Waals surface area (Å²) in [6.07, 6.45) is 1.62. The van der Waals surface area contributed by atoms with Crippen LogP contribution in [0.25, 0.3) is 10.8 Å². The molecule has 4 nitrogen and oxygen atoms in total. The molecule has 0 atom stereocenters. The van der Waals surface area contributed by atoms with Crippen molar-refractivity contribution in [2.75, 3.05) is 12.4 Å². The number of halogens is 1. The van der Waals surface area contributed by atoms with E-state index in [9.17, 15) is 0 Å². The third-order valence-corrected chi connectivity index (χ3v) is 3.53. The third kappa shape index (κ3) is 2.79. The molecule has 2 heterocycles. The van der Waals surface area contributed by atoms with Crippen LogP contribution in [0.1, 0.15) is 26.5 Å². The summed E-state index contributed by atoms with van der Waals surface area (Å²) in [5.41, 5.74) is 0.938. The minimum Gasteiger partial charge on any atom is -0.373 e. The van der Waals surface area contributed by atoms with Gasteiger partial charge < -0.3 is 5.32 Å². The van der Waals surface area contributed by atoms with Crippen molar-refractivity contribution in [1.82, 2.24) is 15.0 Å². The standard InChI is InChI=1S/C12H15ClN4S/c1-12(2,3)7-5-9(14-4)17-10(16-7)11-15-6-8(13)18-11/h5-6H,1-4H3,(H,14,16,17). The SMILES string of the molecule is CNc1cc(C(C)(C)C)nc(-c2ncc(Cl)s2)n1. The number of thiazole rings is 1. The molecule has 2 rings (SSSR count). The Morgan fingerprint density at radius 3 is 2.50 bits per heavy atom. The van der Waals surface area contributed by atoms with Gasteiger partial charge in [-0.05, 0) is 0 Å². The van der Waals surface area contributed by atoms with E-state index in [2.05, 4.69) is 41.0 Å². The van der Waals surface area contributed by atoms with Crippen molar-refractivity contribution >= 4 is 28.8 Å². The topological polar surface area (TPSA) is 50.7 Å².